The van der Waals surface area contributed by atoms with Crippen LogP contribution >= 0.6 is 0 Å². The second-order valence-electron chi connectivity index (χ2n) is 5.05. The lowest BCUT2D eigenvalue weighted by atomic mass is 10.0. The van der Waals surface area contributed by atoms with E-state index in [2.05, 4.69) is 4.74 Å². The van der Waals surface area contributed by atoms with Crippen LogP contribution in [0.1, 0.15) is 5.56 Å². The molecule has 0 unspecified atom stereocenters. The number of hydrogen-bond acceptors (Lipinski definition) is 4. The Bertz CT molecular complexity index is 792. The van der Waals surface area contributed by atoms with Crippen LogP contribution in [0, 0.1) is 0 Å². The molecule has 0 heterocycles. The predicted molar refractivity (Wildman–Crippen MR) is 86.7 cm³/mol. The van der Waals surface area contributed by atoms with E-state index in [0.29, 0.717) is 17.7 Å². The Balaban J connectivity index is 2.21. The van der Waals surface area contributed by atoms with E-state index in [0.717, 1.165) is 11.1 Å². The smallest absolute Gasteiger partial charge is 0.387 e. The van der Waals surface area contributed by atoms with Crippen molar-refractivity contribution in [2.75, 3.05) is 12.9 Å². The summed E-state index contributed by atoms with van der Waals surface area (Å²) >= 11 is 0. The Labute approximate surface area is 139 Å². The summed E-state index contributed by atoms with van der Waals surface area (Å²) in [6.07, 6.45) is 0.317. The molecule has 24 heavy (non-hydrogen) atoms. The summed E-state index contributed by atoms with van der Waals surface area (Å²) in [5, 5.41) is 4.98. The van der Waals surface area contributed by atoms with Gasteiger partial charge in [0.25, 0.3) is 0 Å². The number of methoxy groups -OCH3 is 1. The van der Waals surface area contributed by atoms with E-state index in [9.17, 15) is 17.2 Å². The number of sulfonamides is 1. The molecular weight excluding hydrogens is 340 g/mol. The standard InChI is InChI=1S/C16H17F2NO4S/c1-22-15-10-13(23-16(17)18)6-7-14(15)12-4-2-11(3-5-12)8-9-24(19,20)21/h2-7,10,16H,8-9H2,1H3,(H2,19,20,21). The van der Waals surface area contributed by atoms with Gasteiger partial charge in [0.05, 0.1) is 12.9 Å². The first-order valence-electron chi connectivity index (χ1n) is 7.01. The van der Waals surface area contributed by atoms with E-state index in [4.69, 9.17) is 9.88 Å². The zero-order chi connectivity index (χ0) is 17.7. The highest BCUT2D eigenvalue weighted by Crippen LogP contribution is 2.33. The molecule has 0 atom stereocenters. The topological polar surface area (TPSA) is 78.6 Å². The Morgan fingerprint density at radius 1 is 1.12 bits per heavy atom. The third-order valence-electron chi connectivity index (χ3n) is 3.34. The first-order valence-corrected chi connectivity index (χ1v) is 8.72. The molecule has 0 aliphatic heterocycles. The number of rotatable bonds is 7. The van der Waals surface area contributed by atoms with Gasteiger partial charge in [-0.2, -0.15) is 8.78 Å². The molecular formula is C16H17F2NO4S. The van der Waals surface area contributed by atoms with E-state index >= 15 is 0 Å². The average Bonchev–Trinajstić information content (AvgIpc) is 2.52. The van der Waals surface area contributed by atoms with Crippen molar-refractivity contribution in [3.63, 3.8) is 0 Å². The molecule has 0 fully saturated rings. The molecule has 0 amide bonds. The van der Waals surface area contributed by atoms with Crippen molar-refractivity contribution in [2.45, 2.75) is 13.0 Å². The molecule has 2 N–H and O–H groups in total. The number of benzene rings is 2. The SMILES string of the molecule is COc1cc(OC(F)F)ccc1-c1ccc(CCS(N)(=O)=O)cc1. The fourth-order valence-electron chi connectivity index (χ4n) is 2.20. The number of aryl methyl sites for hydroxylation is 1. The van der Waals surface area contributed by atoms with Gasteiger partial charge >= 0.3 is 6.61 Å². The van der Waals surface area contributed by atoms with Gasteiger partial charge in [-0.05, 0) is 29.7 Å². The summed E-state index contributed by atoms with van der Waals surface area (Å²) in [4.78, 5) is 0. The number of ether oxygens (including phenoxy) is 2. The maximum absolute atomic E-state index is 12.3. The summed E-state index contributed by atoms with van der Waals surface area (Å²) in [6.45, 7) is -2.90. The summed E-state index contributed by atoms with van der Waals surface area (Å²) in [7, 11) is -2.07. The van der Waals surface area contributed by atoms with E-state index in [1.165, 1.54) is 19.2 Å². The van der Waals surface area contributed by atoms with Crippen molar-refractivity contribution in [1.82, 2.24) is 0 Å². The maximum Gasteiger partial charge on any atom is 0.387 e. The molecule has 130 valence electrons. The predicted octanol–water partition coefficient (Wildman–Crippen LogP) is 2.79. The zero-order valence-corrected chi connectivity index (χ0v) is 13.7. The van der Waals surface area contributed by atoms with Crippen molar-refractivity contribution in [3.8, 4) is 22.6 Å². The lowest BCUT2D eigenvalue weighted by molar-refractivity contribution is -0.0499. The quantitative estimate of drug-likeness (QED) is 0.826. The molecule has 0 spiro atoms. The Morgan fingerprint density at radius 3 is 2.33 bits per heavy atom. The van der Waals surface area contributed by atoms with Crippen LogP contribution in [-0.2, 0) is 16.4 Å². The summed E-state index contributed by atoms with van der Waals surface area (Å²) in [5.74, 6) is 0.274. The highest BCUT2D eigenvalue weighted by Gasteiger charge is 2.11. The van der Waals surface area contributed by atoms with E-state index in [-0.39, 0.29) is 11.5 Å². The summed E-state index contributed by atoms with van der Waals surface area (Å²) in [5.41, 5.74) is 2.33. The van der Waals surface area contributed by atoms with Crippen LogP contribution in [0.3, 0.4) is 0 Å². The van der Waals surface area contributed by atoms with Gasteiger partial charge in [-0.15, -0.1) is 0 Å². The third-order valence-corrected chi connectivity index (χ3v) is 4.11. The minimum absolute atomic E-state index is 0.00960. The largest absolute Gasteiger partial charge is 0.496 e. The number of hydrogen-bond donors (Lipinski definition) is 1. The van der Waals surface area contributed by atoms with Gasteiger partial charge in [-0.3, -0.25) is 0 Å². The van der Waals surface area contributed by atoms with Gasteiger partial charge in [0.15, 0.2) is 0 Å². The number of nitrogens with two attached hydrogens (primary N) is 1. The maximum atomic E-state index is 12.3. The molecule has 2 aromatic rings. The molecule has 0 saturated heterocycles. The van der Waals surface area contributed by atoms with Gasteiger partial charge in [-0.1, -0.05) is 24.3 Å². The minimum Gasteiger partial charge on any atom is -0.496 e. The molecule has 0 bridgehead atoms. The molecule has 0 aliphatic rings. The Morgan fingerprint density at radius 2 is 1.79 bits per heavy atom. The van der Waals surface area contributed by atoms with Gasteiger partial charge in [0.1, 0.15) is 11.5 Å². The molecule has 2 rings (SSSR count). The van der Waals surface area contributed by atoms with Crippen LogP contribution in [0.15, 0.2) is 42.5 Å². The zero-order valence-electron chi connectivity index (χ0n) is 12.9. The van der Waals surface area contributed by atoms with Gasteiger partial charge in [-0.25, -0.2) is 13.6 Å². The van der Waals surface area contributed by atoms with E-state index < -0.39 is 16.6 Å². The van der Waals surface area contributed by atoms with Crippen LogP contribution in [0.4, 0.5) is 8.78 Å². The molecule has 0 saturated carbocycles. The lowest BCUT2D eigenvalue weighted by Gasteiger charge is -2.12. The fourth-order valence-corrected chi connectivity index (χ4v) is 2.72. The minimum atomic E-state index is -3.51. The average molecular weight is 357 g/mol. The summed E-state index contributed by atoms with van der Waals surface area (Å²) in [6, 6.07) is 11.6. The molecule has 0 aliphatic carbocycles. The third kappa shape index (κ3) is 5.17. The van der Waals surface area contributed by atoms with Crippen LogP contribution in [0.5, 0.6) is 11.5 Å². The Hall–Kier alpha value is -2.19. The van der Waals surface area contributed by atoms with Crippen LogP contribution in [-0.4, -0.2) is 27.9 Å². The molecule has 0 aromatic heterocycles. The fraction of sp³-hybridized carbons (Fsp3) is 0.250. The monoisotopic (exact) mass is 357 g/mol. The molecule has 2 aromatic carbocycles. The van der Waals surface area contributed by atoms with Crippen molar-refractivity contribution >= 4 is 10.0 Å². The first kappa shape index (κ1) is 18.2. The number of alkyl halides is 2. The second-order valence-corrected chi connectivity index (χ2v) is 6.79. The molecule has 8 heteroatoms. The van der Waals surface area contributed by atoms with E-state index in [1.807, 2.05) is 0 Å². The van der Waals surface area contributed by atoms with Gasteiger partial charge < -0.3 is 9.47 Å². The lowest BCUT2D eigenvalue weighted by Crippen LogP contribution is -2.17. The van der Waals surface area contributed by atoms with Crippen molar-refractivity contribution in [1.29, 1.82) is 0 Å². The van der Waals surface area contributed by atoms with Gasteiger partial charge in [0, 0.05) is 11.6 Å². The number of halogens is 2. The number of primary sulfonamides is 1. The highest BCUT2D eigenvalue weighted by atomic mass is 32.2. The highest BCUT2D eigenvalue weighted by molar-refractivity contribution is 7.89. The Kier molecular flexibility index (Phi) is 5.74. The van der Waals surface area contributed by atoms with Crippen LogP contribution < -0.4 is 14.6 Å². The van der Waals surface area contributed by atoms with Crippen molar-refractivity contribution < 1.29 is 26.7 Å². The van der Waals surface area contributed by atoms with E-state index in [1.54, 1.807) is 30.3 Å². The van der Waals surface area contributed by atoms with Crippen LogP contribution in [0.2, 0.25) is 0 Å². The van der Waals surface area contributed by atoms with Crippen LogP contribution in [0.25, 0.3) is 11.1 Å². The molecule has 5 nitrogen and oxygen atoms in total. The van der Waals surface area contributed by atoms with Crippen molar-refractivity contribution in [3.05, 3.63) is 48.0 Å². The first-order chi connectivity index (χ1) is 11.3. The second kappa shape index (κ2) is 7.59. The van der Waals surface area contributed by atoms with Crippen molar-refractivity contribution in [2.24, 2.45) is 5.14 Å². The normalized spacial score (nSPS) is 11.5. The van der Waals surface area contributed by atoms with Gasteiger partial charge in [0.2, 0.25) is 10.0 Å². The summed E-state index contributed by atoms with van der Waals surface area (Å²) < 4.78 is 56.1. The molecule has 0 radical (unpaired) electrons.